The molecule has 3 unspecified atom stereocenters. The molecule has 0 spiro atoms. The summed E-state index contributed by atoms with van der Waals surface area (Å²) in [6.45, 7) is 1.94. The Morgan fingerprint density at radius 2 is 2.00 bits per heavy atom. The van der Waals surface area contributed by atoms with Crippen molar-refractivity contribution in [2.24, 2.45) is 0 Å². The third-order valence-electron chi connectivity index (χ3n) is 3.31. The van der Waals surface area contributed by atoms with E-state index >= 15 is 0 Å². The zero-order chi connectivity index (χ0) is 9.80. The Bertz CT molecular complexity index is 171. The van der Waals surface area contributed by atoms with Gasteiger partial charge in [-0.2, -0.15) is 0 Å². The van der Waals surface area contributed by atoms with E-state index in [-0.39, 0.29) is 0 Å². The maximum atomic E-state index is 6.26. The van der Waals surface area contributed by atoms with E-state index in [0.29, 0.717) is 17.5 Å². The van der Waals surface area contributed by atoms with Crippen molar-refractivity contribution in [1.29, 1.82) is 0 Å². The normalized spacial score (nSPS) is 38.8. The van der Waals surface area contributed by atoms with Crippen LogP contribution >= 0.6 is 11.6 Å². The molecule has 1 saturated heterocycles. The summed E-state index contributed by atoms with van der Waals surface area (Å²) in [4.78, 5) is 0. The molecule has 1 heterocycles. The SMILES string of the molecule is ClC1CCCCC1NCC1CCCO1. The van der Waals surface area contributed by atoms with Gasteiger partial charge in [-0.1, -0.05) is 12.8 Å². The third-order valence-corrected chi connectivity index (χ3v) is 3.84. The van der Waals surface area contributed by atoms with E-state index in [1.807, 2.05) is 0 Å². The molecule has 0 radical (unpaired) electrons. The Kier molecular flexibility index (Phi) is 4.09. The maximum Gasteiger partial charge on any atom is 0.0700 e. The van der Waals surface area contributed by atoms with Crippen LogP contribution in [0.2, 0.25) is 0 Å². The minimum atomic E-state index is 0.338. The fraction of sp³-hybridized carbons (Fsp3) is 1.00. The predicted molar refractivity (Wildman–Crippen MR) is 58.9 cm³/mol. The molecular weight excluding hydrogens is 198 g/mol. The van der Waals surface area contributed by atoms with Crippen molar-refractivity contribution in [2.75, 3.05) is 13.2 Å². The highest BCUT2D eigenvalue weighted by Gasteiger charge is 2.24. The van der Waals surface area contributed by atoms with E-state index in [9.17, 15) is 0 Å². The van der Waals surface area contributed by atoms with Gasteiger partial charge in [-0.25, -0.2) is 0 Å². The molecule has 0 amide bonds. The number of nitrogens with one attached hydrogen (secondary N) is 1. The summed E-state index contributed by atoms with van der Waals surface area (Å²) in [5, 5.41) is 3.89. The molecular formula is C11H20ClNO. The van der Waals surface area contributed by atoms with Crippen LogP contribution in [0.4, 0.5) is 0 Å². The summed E-state index contributed by atoms with van der Waals surface area (Å²) in [6, 6.07) is 0.523. The van der Waals surface area contributed by atoms with Gasteiger partial charge in [-0.3, -0.25) is 0 Å². The zero-order valence-corrected chi connectivity index (χ0v) is 9.43. The van der Waals surface area contributed by atoms with Crippen molar-refractivity contribution in [3.63, 3.8) is 0 Å². The van der Waals surface area contributed by atoms with Crippen molar-refractivity contribution in [1.82, 2.24) is 5.32 Å². The highest BCUT2D eigenvalue weighted by atomic mass is 35.5. The number of halogens is 1. The lowest BCUT2D eigenvalue weighted by atomic mass is 9.95. The van der Waals surface area contributed by atoms with Gasteiger partial charge < -0.3 is 10.1 Å². The monoisotopic (exact) mass is 217 g/mol. The average Bonchev–Trinajstić information content (AvgIpc) is 2.69. The molecule has 0 aromatic carbocycles. The molecule has 3 atom stereocenters. The Labute approximate surface area is 91.3 Å². The Balaban J connectivity index is 1.67. The van der Waals surface area contributed by atoms with E-state index in [1.165, 1.54) is 38.5 Å². The molecule has 3 heteroatoms. The van der Waals surface area contributed by atoms with Crippen molar-refractivity contribution < 1.29 is 4.74 Å². The first-order valence-corrected chi connectivity index (χ1v) is 6.29. The fourth-order valence-electron chi connectivity index (χ4n) is 2.40. The van der Waals surface area contributed by atoms with Gasteiger partial charge in [-0.15, -0.1) is 11.6 Å². The molecule has 1 aliphatic carbocycles. The summed E-state index contributed by atoms with van der Waals surface area (Å²) in [5.74, 6) is 0. The second-order valence-electron chi connectivity index (χ2n) is 4.45. The maximum absolute atomic E-state index is 6.26. The Morgan fingerprint density at radius 3 is 2.71 bits per heavy atom. The van der Waals surface area contributed by atoms with Gasteiger partial charge >= 0.3 is 0 Å². The van der Waals surface area contributed by atoms with Crippen LogP contribution in [-0.2, 0) is 4.74 Å². The molecule has 1 N–H and O–H groups in total. The van der Waals surface area contributed by atoms with Gasteiger partial charge in [0, 0.05) is 24.6 Å². The van der Waals surface area contributed by atoms with Crippen LogP contribution in [0.25, 0.3) is 0 Å². The molecule has 2 nitrogen and oxygen atoms in total. The topological polar surface area (TPSA) is 21.3 Å². The van der Waals surface area contributed by atoms with Crippen LogP contribution in [0.1, 0.15) is 38.5 Å². The summed E-state index contributed by atoms with van der Waals surface area (Å²) in [7, 11) is 0. The average molecular weight is 218 g/mol. The lowest BCUT2D eigenvalue weighted by molar-refractivity contribution is 0.106. The van der Waals surface area contributed by atoms with Gasteiger partial charge in [0.15, 0.2) is 0 Å². The summed E-state index contributed by atoms with van der Waals surface area (Å²) in [5.41, 5.74) is 0. The summed E-state index contributed by atoms with van der Waals surface area (Å²) >= 11 is 6.26. The minimum absolute atomic E-state index is 0.338. The molecule has 1 saturated carbocycles. The molecule has 0 bridgehead atoms. The first kappa shape index (κ1) is 10.7. The van der Waals surface area contributed by atoms with Gasteiger partial charge in [0.05, 0.1) is 6.10 Å². The first-order chi connectivity index (χ1) is 6.86. The van der Waals surface area contributed by atoms with Crippen LogP contribution in [0.3, 0.4) is 0 Å². The van der Waals surface area contributed by atoms with E-state index in [0.717, 1.165) is 13.2 Å². The second kappa shape index (κ2) is 5.34. The standard InChI is InChI=1S/C11H20ClNO/c12-10-5-1-2-6-11(10)13-8-9-4-3-7-14-9/h9-11,13H,1-8H2. The fourth-order valence-corrected chi connectivity index (χ4v) is 2.77. The quantitative estimate of drug-likeness (QED) is 0.733. The molecule has 2 rings (SSSR count). The van der Waals surface area contributed by atoms with Crippen molar-refractivity contribution in [2.45, 2.75) is 56.0 Å². The Morgan fingerprint density at radius 1 is 1.14 bits per heavy atom. The first-order valence-electron chi connectivity index (χ1n) is 5.85. The number of hydrogen-bond acceptors (Lipinski definition) is 2. The van der Waals surface area contributed by atoms with Gasteiger partial charge in [0.1, 0.15) is 0 Å². The number of hydrogen-bond donors (Lipinski definition) is 1. The van der Waals surface area contributed by atoms with E-state index in [4.69, 9.17) is 16.3 Å². The highest BCUT2D eigenvalue weighted by molar-refractivity contribution is 6.21. The lowest BCUT2D eigenvalue weighted by Gasteiger charge is -2.28. The van der Waals surface area contributed by atoms with E-state index < -0.39 is 0 Å². The number of ether oxygens (including phenoxy) is 1. The number of rotatable bonds is 3. The summed E-state index contributed by atoms with van der Waals surface area (Å²) in [6.07, 6.45) is 7.92. The molecule has 0 aromatic rings. The van der Waals surface area contributed by atoms with Crippen LogP contribution in [0.15, 0.2) is 0 Å². The number of alkyl halides is 1. The van der Waals surface area contributed by atoms with E-state index in [1.54, 1.807) is 0 Å². The second-order valence-corrected chi connectivity index (χ2v) is 5.01. The van der Waals surface area contributed by atoms with Crippen LogP contribution in [0.5, 0.6) is 0 Å². The highest BCUT2D eigenvalue weighted by Crippen LogP contribution is 2.23. The van der Waals surface area contributed by atoms with Gasteiger partial charge in [0.25, 0.3) is 0 Å². The van der Waals surface area contributed by atoms with Crippen molar-refractivity contribution in [3.8, 4) is 0 Å². The van der Waals surface area contributed by atoms with Crippen LogP contribution in [0, 0.1) is 0 Å². The lowest BCUT2D eigenvalue weighted by Crippen LogP contribution is -2.42. The van der Waals surface area contributed by atoms with Crippen molar-refractivity contribution in [3.05, 3.63) is 0 Å². The molecule has 2 aliphatic rings. The molecule has 82 valence electrons. The van der Waals surface area contributed by atoms with Gasteiger partial charge in [0.2, 0.25) is 0 Å². The third kappa shape index (κ3) is 2.85. The molecule has 0 aromatic heterocycles. The predicted octanol–water partition coefficient (Wildman–Crippen LogP) is 2.31. The van der Waals surface area contributed by atoms with Crippen LogP contribution in [-0.4, -0.2) is 30.7 Å². The zero-order valence-electron chi connectivity index (χ0n) is 8.68. The molecule has 2 fully saturated rings. The molecule has 1 aliphatic heterocycles. The van der Waals surface area contributed by atoms with E-state index in [2.05, 4.69) is 5.32 Å². The minimum Gasteiger partial charge on any atom is -0.377 e. The van der Waals surface area contributed by atoms with Crippen molar-refractivity contribution >= 4 is 11.6 Å². The Hall–Kier alpha value is 0.210. The molecule has 14 heavy (non-hydrogen) atoms. The smallest absolute Gasteiger partial charge is 0.0700 e. The van der Waals surface area contributed by atoms with Gasteiger partial charge in [-0.05, 0) is 25.7 Å². The largest absolute Gasteiger partial charge is 0.377 e. The van der Waals surface area contributed by atoms with Crippen LogP contribution < -0.4 is 5.32 Å². The summed E-state index contributed by atoms with van der Waals surface area (Å²) < 4.78 is 5.57.